The van der Waals surface area contributed by atoms with Gasteiger partial charge in [-0.2, -0.15) is 0 Å². The second-order valence-corrected chi connectivity index (χ2v) is 3.21. The maximum atomic E-state index is 10.6. The molecule has 0 saturated carbocycles. The first-order valence-electron chi connectivity index (χ1n) is 4.56. The molecule has 0 rings (SSSR count). The van der Waals surface area contributed by atoms with Crippen LogP contribution in [0.4, 0.5) is 0 Å². The lowest BCUT2D eigenvalue weighted by Gasteiger charge is -2.24. The molecule has 72 valence electrons. The van der Waals surface area contributed by atoms with E-state index in [-0.39, 0.29) is 5.91 Å². The molecule has 0 aromatic carbocycles. The summed E-state index contributed by atoms with van der Waals surface area (Å²) in [5.41, 5.74) is 0. The Balaban J connectivity index is 3.51. The van der Waals surface area contributed by atoms with Crippen LogP contribution in [-0.4, -0.2) is 36.5 Å². The lowest BCUT2D eigenvalue weighted by Crippen LogP contribution is -2.37. The van der Waals surface area contributed by atoms with Crippen LogP contribution in [0.5, 0.6) is 0 Å². The van der Waals surface area contributed by atoms with Crippen molar-refractivity contribution >= 4 is 5.91 Å². The predicted molar refractivity (Wildman–Crippen MR) is 51.1 cm³/mol. The molecule has 1 N–H and O–H groups in total. The van der Waals surface area contributed by atoms with Gasteiger partial charge in [0.2, 0.25) is 5.91 Å². The van der Waals surface area contributed by atoms with E-state index in [1.165, 1.54) is 0 Å². The molecule has 0 fully saturated rings. The molecule has 0 bridgehead atoms. The number of nitrogens with one attached hydrogen (secondary N) is 1. The van der Waals surface area contributed by atoms with Gasteiger partial charge in [0.05, 0.1) is 0 Å². The van der Waals surface area contributed by atoms with E-state index in [1.54, 1.807) is 6.92 Å². The van der Waals surface area contributed by atoms with Gasteiger partial charge in [-0.3, -0.25) is 9.69 Å². The molecule has 0 radical (unpaired) electrons. The van der Waals surface area contributed by atoms with Crippen molar-refractivity contribution in [1.82, 2.24) is 10.2 Å². The second-order valence-electron chi connectivity index (χ2n) is 3.21. The summed E-state index contributed by atoms with van der Waals surface area (Å²) in [6, 6.07) is 0.559. The fourth-order valence-corrected chi connectivity index (χ4v) is 1.16. The van der Waals surface area contributed by atoms with E-state index >= 15 is 0 Å². The maximum Gasteiger partial charge on any atom is 0.216 e. The number of likely N-dealkylation sites (N-methyl/N-ethyl adjacent to an activating group) is 1. The number of carbonyl (C=O) groups is 1. The standard InChI is InChI=1S/C9H20N2O/c1-5-11(8(2)3)7-6-10-9(4)12/h8H,5-7H2,1-4H3,(H,10,12). The number of rotatable bonds is 5. The van der Waals surface area contributed by atoms with Gasteiger partial charge in [0.15, 0.2) is 0 Å². The summed E-state index contributed by atoms with van der Waals surface area (Å²) in [6.45, 7) is 10.7. The lowest BCUT2D eigenvalue weighted by molar-refractivity contribution is -0.119. The third kappa shape index (κ3) is 5.13. The van der Waals surface area contributed by atoms with E-state index in [2.05, 4.69) is 31.0 Å². The average molecular weight is 172 g/mol. The maximum absolute atomic E-state index is 10.6. The van der Waals surface area contributed by atoms with Gasteiger partial charge in [-0.05, 0) is 20.4 Å². The highest BCUT2D eigenvalue weighted by atomic mass is 16.1. The molecule has 0 aliphatic heterocycles. The summed E-state index contributed by atoms with van der Waals surface area (Å²) in [6.07, 6.45) is 0. The zero-order valence-corrected chi connectivity index (χ0v) is 8.55. The highest BCUT2D eigenvalue weighted by Gasteiger charge is 2.05. The van der Waals surface area contributed by atoms with Crippen LogP contribution in [0.2, 0.25) is 0 Å². The minimum Gasteiger partial charge on any atom is -0.355 e. The third-order valence-corrected chi connectivity index (χ3v) is 1.91. The van der Waals surface area contributed by atoms with Gasteiger partial charge in [0.1, 0.15) is 0 Å². The second kappa shape index (κ2) is 6.00. The van der Waals surface area contributed by atoms with Gasteiger partial charge in [-0.25, -0.2) is 0 Å². The van der Waals surface area contributed by atoms with Crippen LogP contribution in [0.15, 0.2) is 0 Å². The van der Waals surface area contributed by atoms with E-state index < -0.39 is 0 Å². The summed E-state index contributed by atoms with van der Waals surface area (Å²) in [4.78, 5) is 12.9. The molecule has 1 amide bonds. The topological polar surface area (TPSA) is 32.3 Å². The van der Waals surface area contributed by atoms with Gasteiger partial charge in [-0.1, -0.05) is 6.92 Å². The minimum absolute atomic E-state index is 0.0507. The van der Waals surface area contributed by atoms with Crippen molar-refractivity contribution < 1.29 is 4.79 Å². The molecular weight excluding hydrogens is 152 g/mol. The predicted octanol–water partition coefficient (Wildman–Crippen LogP) is 0.853. The Morgan fingerprint density at radius 1 is 1.50 bits per heavy atom. The SMILES string of the molecule is CCN(CCNC(C)=O)C(C)C. The molecule has 0 unspecified atom stereocenters. The fraction of sp³-hybridized carbons (Fsp3) is 0.889. The lowest BCUT2D eigenvalue weighted by atomic mass is 10.3. The van der Waals surface area contributed by atoms with Crippen molar-refractivity contribution in [2.45, 2.75) is 33.7 Å². The van der Waals surface area contributed by atoms with E-state index in [9.17, 15) is 4.79 Å². The van der Waals surface area contributed by atoms with Crippen LogP contribution in [0, 0.1) is 0 Å². The van der Waals surface area contributed by atoms with Crippen LogP contribution >= 0.6 is 0 Å². The molecule has 0 saturated heterocycles. The molecule has 0 aliphatic rings. The molecule has 3 heteroatoms. The fourth-order valence-electron chi connectivity index (χ4n) is 1.16. The molecule has 0 spiro atoms. The molecule has 0 aromatic heterocycles. The highest BCUT2D eigenvalue weighted by Crippen LogP contribution is 1.94. The Labute approximate surface area is 75.1 Å². The van der Waals surface area contributed by atoms with Crippen molar-refractivity contribution in [3.05, 3.63) is 0 Å². The first kappa shape index (κ1) is 11.4. The van der Waals surface area contributed by atoms with Crippen LogP contribution in [-0.2, 0) is 4.79 Å². The van der Waals surface area contributed by atoms with E-state index in [1.807, 2.05) is 0 Å². The molecule has 0 heterocycles. The molecule has 3 nitrogen and oxygen atoms in total. The van der Waals surface area contributed by atoms with Crippen LogP contribution < -0.4 is 5.32 Å². The number of amides is 1. The molecule has 0 aliphatic carbocycles. The van der Waals surface area contributed by atoms with E-state index in [4.69, 9.17) is 0 Å². The van der Waals surface area contributed by atoms with Gasteiger partial charge >= 0.3 is 0 Å². The molecule has 0 aromatic rings. The van der Waals surface area contributed by atoms with Crippen molar-refractivity contribution in [1.29, 1.82) is 0 Å². The zero-order chi connectivity index (χ0) is 9.56. The first-order valence-corrected chi connectivity index (χ1v) is 4.56. The Morgan fingerprint density at radius 2 is 2.08 bits per heavy atom. The Kier molecular flexibility index (Phi) is 5.72. The monoisotopic (exact) mass is 172 g/mol. The Bertz CT molecular complexity index is 134. The van der Waals surface area contributed by atoms with Crippen LogP contribution in [0.25, 0.3) is 0 Å². The van der Waals surface area contributed by atoms with Crippen molar-refractivity contribution in [3.8, 4) is 0 Å². The zero-order valence-electron chi connectivity index (χ0n) is 8.55. The number of nitrogens with zero attached hydrogens (tertiary/aromatic N) is 1. The summed E-state index contributed by atoms with van der Waals surface area (Å²) < 4.78 is 0. The van der Waals surface area contributed by atoms with Gasteiger partial charge in [0, 0.05) is 26.1 Å². The van der Waals surface area contributed by atoms with E-state index in [0.29, 0.717) is 6.04 Å². The highest BCUT2D eigenvalue weighted by molar-refractivity contribution is 5.72. The molecule has 0 atom stereocenters. The smallest absolute Gasteiger partial charge is 0.216 e. The number of hydrogen-bond donors (Lipinski definition) is 1. The summed E-state index contributed by atoms with van der Waals surface area (Å²) >= 11 is 0. The van der Waals surface area contributed by atoms with Crippen molar-refractivity contribution in [2.24, 2.45) is 0 Å². The largest absolute Gasteiger partial charge is 0.355 e. The van der Waals surface area contributed by atoms with Crippen LogP contribution in [0.3, 0.4) is 0 Å². The summed E-state index contributed by atoms with van der Waals surface area (Å²) in [7, 11) is 0. The van der Waals surface area contributed by atoms with Crippen molar-refractivity contribution in [3.63, 3.8) is 0 Å². The van der Waals surface area contributed by atoms with Gasteiger partial charge in [-0.15, -0.1) is 0 Å². The number of hydrogen-bond acceptors (Lipinski definition) is 2. The first-order chi connectivity index (χ1) is 5.57. The Morgan fingerprint density at radius 3 is 2.42 bits per heavy atom. The van der Waals surface area contributed by atoms with Crippen molar-refractivity contribution in [2.75, 3.05) is 19.6 Å². The quantitative estimate of drug-likeness (QED) is 0.667. The number of carbonyl (C=O) groups excluding carboxylic acids is 1. The molecule has 12 heavy (non-hydrogen) atoms. The third-order valence-electron chi connectivity index (χ3n) is 1.91. The van der Waals surface area contributed by atoms with Gasteiger partial charge < -0.3 is 5.32 Å². The average Bonchev–Trinajstić information content (AvgIpc) is 1.96. The summed E-state index contributed by atoms with van der Waals surface area (Å²) in [5.74, 6) is 0.0507. The normalized spacial score (nSPS) is 10.8. The van der Waals surface area contributed by atoms with Gasteiger partial charge in [0.25, 0.3) is 0 Å². The van der Waals surface area contributed by atoms with E-state index in [0.717, 1.165) is 19.6 Å². The van der Waals surface area contributed by atoms with Crippen LogP contribution in [0.1, 0.15) is 27.7 Å². The Hall–Kier alpha value is -0.570. The molecular formula is C9H20N2O. The minimum atomic E-state index is 0.0507. The summed E-state index contributed by atoms with van der Waals surface area (Å²) in [5, 5.41) is 2.78.